The van der Waals surface area contributed by atoms with Gasteiger partial charge in [-0.3, -0.25) is 0 Å². The van der Waals surface area contributed by atoms with Crippen LogP contribution in [0.1, 0.15) is 46.5 Å². The topological polar surface area (TPSA) is 0 Å². The van der Waals surface area contributed by atoms with Crippen LogP contribution in [-0.4, -0.2) is 0 Å². The molecule has 0 aromatic heterocycles. The smallest absolute Gasteiger partial charge is 0.00137 e. The normalized spacial score (nSPS) is 23.1. The number of hydrogen-bond donors (Lipinski definition) is 0. The molecule has 84 valence electrons. The molecule has 0 N–H and O–H groups in total. The maximum atomic E-state index is 4.21. The van der Waals surface area contributed by atoms with Gasteiger partial charge in [-0.25, -0.2) is 0 Å². The molecule has 0 saturated heterocycles. The first kappa shape index (κ1) is 12.3. The fraction of sp³-hybridized carbons (Fsp3) is 0.600. The third-order valence-corrected chi connectivity index (χ3v) is 3.39. The molecular weight excluding hydrogens is 180 g/mol. The standard InChI is InChI=1S/C15H24/c1-5-13(3)14(4)11-15-9-7-6-8-12(2)10-15/h7,9-10,13,15H,4-6,8,11H2,1-3H3. The molecular formula is C15H24. The van der Waals surface area contributed by atoms with Gasteiger partial charge < -0.3 is 0 Å². The fourth-order valence-corrected chi connectivity index (χ4v) is 2.01. The second-order valence-electron chi connectivity index (χ2n) is 4.82. The van der Waals surface area contributed by atoms with Crippen molar-refractivity contribution in [1.82, 2.24) is 0 Å². The van der Waals surface area contributed by atoms with E-state index in [1.54, 1.807) is 0 Å². The SMILES string of the molecule is C=C(CC1C=CCCC(C)=C1)C(C)CC. The first-order valence-electron chi connectivity index (χ1n) is 6.15. The van der Waals surface area contributed by atoms with Gasteiger partial charge in [0.05, 0.1) is 0 Å². The van der Waals surface area contributed by atoms with E-state index >= 15 is 0 Å². The van der Waals surface area contributed by atoms with Crippen LogP contribution in [0.2, 0.25) is 0 Å². The third-order valence-electron chi connectivity index (χ3n) is 3.39. The van der Waals surface area contributed by atoms with Crippen LogP contribution in [0.3, 0.4) is 0 Å². The Morgan fingerprint density at radius 2 is 2.33 bits per heavy atom. The van der Waals surface area contributed by atoms with Crippen LogP contribution in [0.25, 0.3) is 0 Å². The minimum atomic E-state index is 0.592. The van der Waals surface area contributed by atoms with Gasteiger partial charge in [-0.15, -0.1) is 0 Å². The molecule has 0 heterocycles. The Morgan fingerprint density at radius 3 is 3.00 bits per heavy atom. The first-order chi connectivity index (χ1) is 7.13. The van der Waals surface area contributed by atoms with E-state index in [0.717, 1.165) is 6.42 Å². The highest BCUT2D eigenvalue weighted by atomic mass is 14.2. The molecule has 1 aliphatic carbocycles. The van der Waals surface area contributed by atoms with Gasteiger partial charge in [-0.05, 0) is 44.4 Å². The Kier molecular flexibility index (Phi) is 4.87. The fourth-order valence-electron chi connectivity index (χ4n) is 2.01. The largest absolute Gasteiger partial charge is 0.0996 e. The highest BCUT2D eigenvalue weighted by Crippen LogP contribution is 2.25. The van der Waals surface area contributed by atoms with E-state index < -0.39 is 0 Å². The Hall–Kier alpha value is -0.780. The van der Waals surface area contributed by atoms with Gasteiger partial charge in [0, 0.05) is 0 Å². The van der Waals surface area contributed by atoms with Gasteiger partial charge in [-0.1, -0.05) is 49.8 Å². The molecule has 0 nitrogen and oxygen atoms in total. The average molecular weight is 204 g/mol. The Morgan fingerprint density at radius 1 is 1.60 bits per heavy atom. The van der Waals surface area contributed by atoms with Gasteiger partial charge in [0.15, 0.2) is 0 Å². The van der Waals surface area contributed by atoms with Gasteiger partial charge in [0.2, 0.25) is 0 Å². The second kappa shape index (κ2) is 5.95. The van der Waals surface area contributed by atoms with Gasteiger partial charge >= 0.3 is 0 Å². The van der Waals surface area contributed by atoms with Gasteiger partial charge in [0.25, 0.3) is 0 Å². The minimum Gasteiger partial charge on any atom is -0.0996 e. The molecule has 0 aliphatic heterocycles. The Balaban J connectivity index is 2.56. The summed E-state index contributed by atoms with van der Waals surface area (Å²) < 4.78 is 0. The van der Waals surface area contributed by atoms with E-state index in [2.05, 4.69) is 45.6 Å². The van der Waals surface area contributed by atoms with E-state index in [1.165, 1.54) is 30.4 Å². The predicted molar refractivity (Wildman–Crippen MR) is 68.8 cm³/mol. The number of hydrogen-bond acceptors (Lipinski definition) is 0. The molecule has 0 aromatic rings. The quantitative estimate of drug-likeness (QED) is 0.572. The van der Waals surface area contributed by atoms with Crippen molar-refractivity contribution < 1.29 is 0 Å². The van der Waals surface area contributed by atoms with Crippen LogP contribution in [0.5, 0.6) is 0 Å². The van der Waals surface area contributed by atoms with Crippen LogP contribution in [0.4, 0.5) is 0 Å². The van der Waals surface area contributed by atoms with Crippen molar-refractivity contribution in [2.45, 2.75) is 46.5 Å². The van der Waals surface area contributed by atoms with Crippen molar-refractivity contribution in [2.75, 3.05) is 0 Å². The lowest BCUT2D eigenvalue weighted by Gasteiger charge is -2.16. The summed E-state index contributed by atoms with van der Waals surface area (Å²) >= 11 is 0. The lowest BCUT2D eigenvalue weighted by atomic mass is 9.90. The number of allylic oxidation sites excluding steroid dienone is 5. The zero-order valence-electron chi connectivity index (χ0n) is 10.4. The summed E-state index contributed by atoms with van der Waals surface area (Å²) in [5, 5.41) is 0. The summed E-state index contributed by atoms with van der Waals surface area (Å²) in [7, 11) is 0. The van der Waals surface area contributed by atoms with Crippen molar-refractivity contribution in [1.29, 1.82) is 0 Å². The highest BCUT2D eigenvalue weighted by Gasteiger charge is 2.10. The van der Waals surface area contributed by atoms with Crippen molar-refractivity contribution in [2.24, 2.45) is 11.8 Å². The molecule has 0 saturated carbocycles. The molecule has 0 fully saturated rings. The summed E-state index contributed by atoms with van der Waals surface area (Å²) in [5.74, 6) is 1.25. The molecule has 15 heavy (non-hydrogen) atoms. The van der Waals surface area contributed by atoms with Crippen LogP contribution in [-0.2, 0) is 0 Å². The maximum Gasteiger partial charge on any atom is -0.00137 e. The molecule has 1 rings (SSSR count). The van der Waals surface area contributed by atoms with E-state index in [1.807, 2.05) is 0 Å². The van der Waals surface area contributed by atoms with Gasteiger partial charge in [-0.2, -0.15) is 0 Å². The van der Waals surface area contributed by atoms with Crippen molar-refractivity contribution in [3.63, 3.8) is 0 Å². The molecule has 2 unspecified atom stereocenters. The lowest BCUT2D eigenvalue weighted by molar-refractivity contribution is 0.602. The molecule has 0 bridgehead atoms. The first-order valence-corrected chi connectivity index (χ1v) is 6.15. The zero-order valence-corrected chi connectivity index (χ0v) is 10.4. The third kappa shape index (κ3) is 4.07. The summed E-state index contributed by atoms with van der Waals surface area (Å²) in [6.07, 6.45) is 11.8. The lowest BCUT2D eigenvalue weighted by Crippen LogP contribution is -2.02. The van der Waals surface area contributed by atoms with Crippen LogP contribution in [0.15, 0.2) is 36.0 Å². The maximum absolute atomic E-state index is 4.21. The second-order valence-corrected chi connectivity index (χ2v) is 4.82. The molecule has 0 heteroatoms. The molecule has 2 atom stereocenters. The summed E-state index contributed by atoms with van der Waals surface area (Å²) in [4.78, 5) is 0. The van der Waals surface area contributed by atoms with E-state index in [0.29, 0.717) is 11.8 Å². The summed E-state index contributed by atoms with van der Waals surface area (Å²) in [6, 6.07) is 0. The summed E-state index contributed by atoms with van der Waals surface area (Å²) in [5.41, 5.74) is 2.93. The molecule has 1 aliphatic rings. The molecule has 0 aromatic carbocycles. The molecule has 0 amide bonds. The van der Waals surface area contributed by atoms with Crippen molar-refractivity contribution in [3.05, 3.63) is 36.0 Å². The monoisotopic (exact) mass is 204 g/mol. The van der Waals surface area contributed by atoms with E-state index in [4.69, 9.17) is 0 Å². The van der Waals surface area contributed by atoms with Crippen LogP contribution < -0.4 is 0 Å². The summed E-state index contributed by atoms with van der Waals surface area (Å²) in [6.45, 7) is 11.0. The molecule has 0 radical (unpaired) electrons. The van der Waals surface area contributed by atoms with E-state index in [9.17, 15) is 0 Å². The predicted octanol–water partition coefficient (Wildman–Crippen LogP) is 4.89. The highest BCUT2D eigenvalue weighted by molar-refractivity contribution is 5.15. The van der Waals surface area contributed by atoms with Crippen LogP contribution in [0, 0.1) is 11.8 Å². The Labute approximate surface area is 94.8 Å². The van der Waals surface area contributed by atoms with Crippen molar-refractivity contribution >= 4 is 0 Å². The zero-order chi connectivity index (χ0) is 11.3. The Bertz CT molecular complexity index is 268. The average Bonchev–Trinajstić information content (AvgIpc) is 2.41. The van der Waals surface area contributed by atoms with Gasteiger partial charge in [0.1, 0.15) is 0 Å². The van der Waals surface area contributed by atoms with Crippen LogP contribution >= 0.6 is 0 Å². The van der Waals surface area contributed by atoms with Crippen molar-refractivity contribution in [3.8, 4) is 0 Å². The molecule has 0 spiro atoms. The minimum absolute atomic E-state index is 0.592. The van der Waals surface area contributed by atoms with E-state index in [-0.39, 0.29) is 0 Å². The number of rotatable bonds is 4.